The number of pyridine rings is 1. The first-order valence-electron chi connectivity index (χ1n) is 10.0. The van der Waals surface area contributed by atoms with E-state index < -0.39 is 0 Å². The van der Waals surface area contributed by atoms with E-state index in [2.05, 4.69) is 20.6 Å². The highest BCUT2D eigenvalue weighted by atomic mass is 32.1. The van der Waals surface area contributed by atoms with Gasteiger partial charge >= 0.3 is 0 Å². The summed E-state index contributed by atoms with van der Waals surface area (Å²) in [6.07, 6.45) is 9.09. The lowest BCUT2D eigenvalue weighted by Gasteiger charge is -2.10. The maximum atomic E-state index is 12.9. The molecule has 1 aliphatic carbocycles. The number of hydrogen-bond acceptors (Lipinski definition) is 6. The molecule has 1 aliphatic rings. The summed E-state index contributed by atoms with van der Waals surface area (Å²) in [6.45, 7) is 0.492. The van der Waals surface area contributed by atoms with Gasteiger partial charge in [-0.1, -0.05) is 6.07 Å². The molecular formula is C21H23N5O3S. The van der Waals surface area contributed by atoms with Gasteiger partial charge in [0.2, 0.25) is 11.8 Å². The van der Waals surface area contributed by atoms with Crippen molar-refractivity contribution >= 4 is 33.4 Å². The first-order valence-corrected chi connectivity index (χ1v) is 10.9. The van der Waals surface area contributed by atoms with Gasteiger partial charge in [-0.2, -0.15) is 0 Å². The fraction of sp³-hybridized carbons (Fsp3) is 0.381. The number of nitrogens with zero attached hydrogens (tertiary/aromatic N) is 3. The molecule has 0 atom stereocenters. The monoisotopic (exact) mass is 425 g/mol. The lowest BCUT2D eigenvalue weighted by Crippen LogP contribution is -2.35. The summed E-state index contributed by atoms with van der Waals surface area (Å²) >= 11 is 1.59. The van der Waals surface area contributed by atoms with E-state index in [-0.39, 0.29) is 36.9 Å². The van der Waals surface area contributed by atoms with Gasteiger partial charge in [-0.25, -0.2) is 4.98 Å². The second-order valence-electron chi connectivity index (χ2n) is 7.31. The molecule has 0 radical (unpaired) electrons. The molecular weight excluding hydrogens is 402 g/mol. The van der Waals surface area contributed by atoms with Crippen molar-refractivity contribution in [1.29, 1.82) is 0 Å². The maximum Gasteiger partial charge on any atom is 0.262 e. The molecule has 9 heteroatoms. The third kappa shape index (κ3) is 4.56. The van der Waals surface area contributed by atoms with Crippen LogP contribution in [0.3, 0.4) is 0 Å². The molecule has 0 fully saturated rings. The van der Waals surface area contributed by atoms with Gasteiger partial charge in [-0.3, -0.25) is 23.9 Å². The molecule has 0 bridgehead atoms. The van der Waals surface area contributed by atoms with Crippen molar-refractivity contribution in [3.63, 3.8) is 0 Å². The van der Waals surface area contributed by atoms with Crippen LogP contribution in [0.1, 0.15) is 35.3 Å². The normalized spacial score (nSPS) is 13.1. The molecule has 0 saturated heterocycles. The zero-order valence-electron chi connectivity index (χ0n) is 16.5. The van der Waals surface area contributed by atoms with Gasteiger partial charge in [-0.15, -0.1) is 11.3 Å². The van der Waals surface area contributed by atoms with Gasteiger partial charge in [0.1, 0.15) is 11.4 Å². The number of carbonyl (C=O) groups excluding carboxylic acids is 2. The van der Waals surface area contributed by atoms with E-state index in [1.165, 1.54) is 15.8 Å². The molecule has 3 aromatic rings. The number of rotatable bonds is 7. The Morgan fingerprint density at radius 2 is 2.03 bits per heavy atom. The molecule has 0 aromatic carbocycles. The minimum atomic E-state index is -0.317. The number of fused-ring (bicyclic) bond motifs is 3. The minimum Gasteiger partial charge on any atom is -0.354 e. The predicted octanol–water partition coefficient (Wildman–Crippen LogP) is 1.55. The molecule has 8 nitrogen and oxygen atoms in total. The predicted molar refractivity (Wildman–Crippen MR) is 114 cm³/mol. The van der Waals surface area contributed by atoms with Gasteiger partial charge < -0.3 is 10.6 Å². The zero-order valence-corrected chi connectivity index (χ0v) is 17.3. The smallest absolute Gasteiger partial charge is 0.262 e. The Kier molecular flexibility index (Phi) is 6.18. The van der Waals surface area contributed by atoms with E-state index in [1.54, 1.807) is 23.7 Å². The van der Waals surface area contributed by atoms with Crippen LogP contribution < -0.4 is 16.2 Å². The average Bonchev–Trinajstić information content (AvgIpc) is 3.14. The summed E-state index contributed by atoms with van der Waals surface area (Å²) in [5.74, 6) is -0.480. The second kappa shape index (κ2) is 9.17. The van der Waals surface area contributed by atoms with Gasteiger partial charge in [0.15, 0.2) is 0 Å². The first kappa shape index (κ1) is 20.2. The van der Waals surface area contributed by atoms with Crippen LogP contribution in [0.2, 0.25) is 0 Å². The van der Waals surface area contributed by atoms with Crippen LogP contribution in [0.15, 0.2) is 35.6 Å². The van der Waals surface area contributed by atoms with Crippen LogP contribution in [0, 0.1) is 0 Å². The van der Waals surface area contributed by atoms with E-state index in [0.717, 1.165) is 41.6 Å². The van der Waals surface area contributed by atoms with Crippen LogP contribution in [0.25, 0.3) is 10.2 Å². The van der Waals surface area contributed by atoms with Crippen molar-refractivity contribution in [2.75, 3.05) is 6.54 Å². The molecule has 4 rings (SSSR count). The topological polar surface area (TPSA) is 106 Å². The SMILES string of the molecule is O=C(CCNC(=O)Cn1cnc2sc3c(c2c1=O)CCCC3)NCc1cccnc1. The quantitative estimate of drug-likeness (QED) is 0.598. The first-order chi connectivity index (χ1) is 14.6. The van der Waals surface area contributed by atoms with Crippen LogP contribution in [-0.4, -0.2) is 32.9 Å². The minimum absolute atomic E-state index is 0.107. The molecule has 30 heavy (non-hydrogen) atoms. The highest BCUT2D eigenvalue weighted by Gasteiger charge is 2.20. The van der Waals surface area contributed by atoms with Crippen molar-refractivity contribution in [3.8, 4) is 0 Å². The summed E-state index contributed by atoms with van der Waals surface area (Å²) in [7, 11) is 0. The van der Waals surface area contributed by atoms with Crippen molar-refractivity contribution in [1.82, 2.24) is 25.2 Å². The standard InChI is InChI=1S/C21H23N5O3S/c27-17(24-11-14-4-3-8-22-10-14)7-9-23-18(28)12-26-13-25-20-19(21(26)29)15-5-1-2-6-16(15)30-20/h3-4,8,10,13H,1-2,5-7,9,11-12H2,(H,23,28)(H,24,27). The Morgan fingerprint density at radius 3 is 2.87 bits per heavy atom. The van der Waals surface area contributed by atoms with Gasteiger partial charge in [0, 0.05) is 36.8 Å². The number of hydrogen-bond donors (Lipinski definition) is 2. The molecule has 2 N–H and O–H groups in total. The van der Waals surface area contributed by atoms with E-state index in [0.29, 0.717) is 11.9 Å². The zero-order chi connectivity index (χ0) is 20.9. The number of nitrogens with one attached hydrogen (secondary N) is 2. The number of amides is 2. The van der Waals surface area contributed by atoms with E-state index in [4.69, 9.17) is 0 Å². The van der Waals surface area contributed by atoms with E-state index in [9.17, 15) is 14.4 Å². The number of carbonyl (C=O) groups is 2. The summed E-state index contributed by atoms with van der Waals surface area (Å²) in [6, 6.07) is 3.68. The molecule has 2 amide bonds. The number of aryl methyl sites for hydroxylation is 2. The fourth-order valence-corrected chi connectivity index (χ4v) is 4.83. The molecule has 156 valence electrons. The summed E-state index contributed by atoms with van der Waals surface area (Å²) in [5, 5.41) is 6.14. The largest absolute Gasteiger partial charge is 0.354 e. The lowest BCUT2D eigenvalue weighted by atomic mass is 9.97. The molecule has 0 spiro atoms. The van der Waals surface area contributed by atoms with Crippen molar-refractivity contribution in [3.05, 3.63) is 57.2 Å². The van der Waals surface area contributed by atoms with E-state index >= 15 is 0 Å². The summed E-state index contributed by atoms with van der Waals surface area (Å²) < 4.78 is 1.35. The summed E-state index contributed by atoms with van der Waals surface area (Å²) in [5.41, 5.74) is 1.86. The molecule has 0 unspecified atom stereocenters. The van der Waals surface area contributed by atoms with Gasteiger partial charge in [0.25, 0.3) is 5.56 Å². The second-order valence-corrected chi connectivity index (χ2v) is 8.39. The molecule has 3 aromatic heterocycles. The highest BCUT2D eigenvalue weighted by molar-refractivity contribution is 7.18. The fourth-order valence-electron chi connectivity index (χ4n) is 3.61. The van der Waals surface area contributed by atoms with Crippen molar-refractivity contribution in [2.45, 2.75) is 45.2 Å². The number of thiophene rings is 1. The van der Waals surface area contributed by atoms with Crippen LogP contribution in [0.5, 0.6) is 0 Å². The van der Waals surface area contributed by atoms with Gasteiger partial charge in [-0.05, 0) is 42.9 Å². The van der Waals surface area contributed by atoms with Crippen LogP contribution in [0.4, 0.5) is 0 Å². The number of aromatic nitrogens is 3. The van der Waals surface area contributed by atoms with E-state index in [1.807, 2.05) is 12.1 Å². The third-order valence-electron chi connectivity index (χ3n) is 5.14. The molecule has 0 saturated carbocycles. The van der Waals surface area contributed by atoms with Crippen molar-refractivity contribution < 1.29 is 9.59 Å². The average molecular weight is 426 g/mol. The molecule has 0 aliphatic heterocycles. The molecule has 3 heterocycles. The van der Waals surface area contributed by atoms with Crippen molar-refractivity contribution in [2.24, 2.45) is 0 Å². The lowest BCUT2D eigenvalue weighted by molar-refractivity contribution is -0.122. The Hall–Kier alpha value is -3.07. The van der Waals surface area contributed by atoms with Gasteiger partial charge in [0.05, 0.1) is 11.7 Å². The maximum absolute atomic E-state index is 12.9. The Balaban J connectivity index is 1.30. The Labute approximate surface area is 177 Å². The highest BCUT2D eigenvalue weighted by Crippen LogP contribution is 2.33. The Morgan fingerprint density at radius 1 is 1.17 bits per heavy atom. The summed E-state index contributed by atoms with van der Waals surface area (Å²) in [4.78, 5) is 47.4. The Bertz CT molecular complexity index is 1120. The van der Waals surface area contributed by atoms with Crippen LogP contribution in [-0.2, 0) is 35.5 Å². The third-order valence-corrected chi connectivity index (χ3v) is 6.34. The van der Waals surface area contributed by atoms with Crippen LogP contribution >= 0.6 is 11.3 Å².